The van der Waals surface area contributed by atoms with Crippen LogP contribution in [0.3, 0.4) is 0 Å². The molecule has 1 aliphatic heterocycles. The molecule has 1 atom stereocenters. The van der Waals surface area contributed by atoms with Crippen molar-refractivity contribution in [2.45, 2.75) is 20.0 Å². The van der Waals surface area contributed by atoms with Crippen LogP contribution in [-0.2, 0) is 9.53 Å². The van der Waals surface area contributed by atoms with Crippen molar-refractivity contribution < 1.29 is 9.53 Å². The Labute approximate surface area is 151 Å². The highest BCUT2D eigenvalue weighted by molar-refractivity contribution is 5.85. The number of morpholine rings is 1. The van der Waals surface area contributed by atoms with Crippen molar-refractivity contribution in [3.05, 3.63) is 29.8 Å². The molecule has 2 N–H and O–H groups in total. The molecule has 0 radical (unpaired) electrons. The number of carbonyl (C=O) groups is 1. The number of likely N-dealkylation sites (N-methyl/N-ethyl adjacent to an activating group) is 1. The van der Waals surface area contributed by atoms with Gasteiger partial charge in [0.15, 0.2) is 0 Å². The SMILES string of the molecule is CCN(CCNC(=O)C1CNCCO1)c1cccc(C)c1.Cl.Cl. The molecule has 7 heteroatoms. The lowest BCUT2D eigenvalue weighted by atomic mass is 10.2. The Morgan fingerprint density at radius 3 is 2.83 bits per heavy atom. The molecular weight excluding hydrogens is 337 g/mol. The summed E-state index contributed by atoms with van der Waals surface area (Å²) in [5, 5.41) is 6.12. The van der Waals surface area contributed by atoms with Crippen molar-refractivity contribution in [1.82, 2.24) is 10.6 Å². The molecule has 0 spiro atoms. The Bertz CT molecular complexity index is 468. The summed E-state index contributed by atoms with van der Waals surface area (Å²) in [4.78, 5) is 14.2. The molecule has 23 heavy (non-hydrogen) atoms. The molecule has 2 rings (SSSR count). The molecule has 1 aromatic rings. The number of halogens is 2. The van der Waals surface area contributed by atoms with Crippen molar-refractivity contribution in [1.29, 1.82) is 0 Å². The molecule has 0 saturated carbocycles. The number of ether oxygens (including phenoxy) is 1. The zero-order valence-electron chi connectivity index (χ0n) is 13.7. The van der Waals surface area contributed by atoms with Crippen LogP contribution < -0.4 is 15.5 Å². The van der Waals surface area contributed by atoms with Gasteiger partial charge >= 0.3 is 0 Å². The first kappa shape index (κ1) is 22.0. The first-order valence-electron chi connectivity index (χ1n) is 7.62. The number of nitrogens with one attached hydrogen (secondary N) is 2. The van der Waals surface area contributed by atoms with E-state index in [1.807, 2.05) is 0 Å². The van der Waals surface area contributed by atoms with Gasteiger partial charge in [-0.1, -0.05) is 12.1 Å². The van der Waals surface area contributed by atoms with Gasteiger partial charge in [0.25, 0.3) is 5.91 Å². The van der Waals surface area contributed by atoms with Crippen LogP contribution in [0.25, 0.3) is 0 Å². The summed E-state index contributed by atoms with van der Waals surface area (Å²) in [5.74, 6) is -0.0255. The Kier molecular flexibility index (Phi) is 11.0. The highest BCUT2D eigenvalue weighted by Crippen LogP contribution is 2.14. The van der Waals surface area contributed by atoms with Crippen LogP contribution >= 0.6 is 24.8 Å². The number of rotatable bonds is 6. The number of hydrogen-bond acceptors (Lipinski definition) is 4. The third-order valence-corrected chi connectivity index (χ3v) is 3.65. The number of amides is 1. The second-order valence-corrected chi connectivity index (χ2v) is 5.27. The molecule has 0 aliphatic carbocycles. The lowest BCUT2D eigenvalue weighted by molar-refractivity contribution is -0.134. The first-order chi connectivity index (χ1) is 10.2. The predicted octanol–water partition coefficient (Wildman–Crippen LogP) is 1.77. The van der Waals surface area contributed by atoms with Crippen LogP contribution in [0.2, 0.25) is 0 Å². The van der Waals surface area contributed by atoms with Gasteiger partial charge in [-0.25, -0.2) is 0 Å². The minimum Gasteiger partial charge on any atom is -0.370 e. The molecule has 1 aromatic carbocycles. The van der Waals surface area contributed by atoms with E-state index in [1.165, 1.54) is 11.3 Å². The van der Waals surface area contributed by atoms with E-state index >= 15 is 0 Å². The van der Waals surface area contributed by atoms with Gasteiger partial charge in [-0.15, -0.1) is 24.8 Å². The fourth-order valence-electron chi connectivity index (χ4n) is 2.46. The molecule has 5 nitrogen and oxygen atoms in total. The van der Waals surface area contributed by atoms with E-state index in [4.69, 9.17) is 4.74 Å². The smallest absolute Gasteiger partial charge is 0.250 e. The second kappa shape index (κ2) is 11.5. The Balaban J connectivity index is 0.00000242. The quantitative estimate of drug-likeness (QED) is 0.808. The summed E-state index contributed by atoms with van der Waals surface area (Å²) in [5.41, 5.74) is 2.44. The van der Waals surface area contributed by atoms with Gasteiger partial charge in [0, 0.05) is 38.4 Å². The van der Waals surface area contributed by atoms with E-state index in [-0.39, 0.29) is 36.8 Å². The average molecular weight is 364 g/mol. The lowest BCUT2D eigenvalue weighted by Gasteiger charge is -2.25. The van der Waals surface area contributed by atoms with Crippen molar-refractivity contribution in [3.8, 4) is 0 Å². The number of anilines is 1. The number of aryl methyl sites for hydroxylation is 1. The highest BCUT2D eigenvalue weighted by Gasteiger charge is 2.21. The van der Waals surface area contributed by atoms with Gasteiger partial charge in [-0.05, 0) is 31.5 Å². The molecule has 1 saturated heterocycles. The standard InChI is InChI=1S/C16H25N3O2.2ClH/c1-3-19(14-6-4-5-13(2)11-14)9-7-18-16(20)15-12-17-8-10-21-15;;/h4-6,11,15,17H,3,7-10,12H2,1-2H3,(H,18,20);2*1H. The second-order valence-electron chi connectivity index (χ2n) is 5.27. The molecule has 1 amide bonds. The summed E-state index contributed by atoms with van der Waals surface area (Å²) < 4.78 is 5.44. The zero-order chi connectivity index (χ0) is 15.1. The summed E-state index contributed by atoms with van der Waals surface area (Å²) in [6, 6.07) is 8.42. The topological polar surface area (TPSA) is 53.6 Å². The molecule has 1 unspecified atom stereocenters. The predicted molar refractivity (Wildman–Crippen MR) is 99.2 cm³/mol. The van der Waals surface area contributed by atoms with E-state index in [0.717, 1.165) is 19.6 Å². The lowest BCUT2D eigenvalue weighted by Crippen LogP contribution is -2.49. The maximum absolute atomic E-state index is 12.0. The van der Waals surface area contributed by atoms with E-state index < -0.39 is 0 Å². The van der Waals surface area contributed by atoms with E-state index in [2.05, 4.69) is 53.6 Å². The van der Waals surface area contributed by atoms with Gasteiger partial charge in [0.05, 0.1) is 6.61 Å². The van der Waals surface area contributed by atoms with Gasteiger partial charge in [-0.3, -0.25) is 4.79 Å². The molecule has 1 heterocycles. The number of benzene rings is 1. The summed E-state index contributed by atoms with van der Waals surface area (Å²) in [7, 11) is 0. The van der Waals surface area contributed by atoms with Crippen molar-refractivity contribution in [2.24, 2.45) is 0 Å². The van der Waals surface area contributed by atoms with Gasteiger partial charge in [-0.2, -0.15) is 0 Å². The molecule has 1 fully saturated rings. The largest absolute Gasteiger partial charge is 0.370 e. The van der Waals surface area contributed by atoms with Crippen LogP contribution in [0.1, 0.15) is 12.5 Å². The van der Waals surface area contributed by atoms with Crippen molar-refractivity contribution in [3.63, 3.8) is 0 Å². The Morgan fingerprint density at radius 1 is 1.43 bits per heavy atom. The van der Waals surface area contributed by atoms with Crippen molar-refractivity contribution >= 4 is 36.4 Å². The van der Waals surface area contributed by atoms with E-state index in [9.17, 15) is 4.79 Å². The van der Waals surface area contributed by atoms with Crippen LogP contribution in [0, 0.1) is 6.92 Å². The molecule has 1 aliphatic rings. The minimum absolute atomic E-state index is 0. The zero-order valence-corrected chi connectivity index (χ0v) is 15.3. The maximum atomic E-state index is 12.0. The van der Waals surface area contributed by atoms with Gasteiger partial charge in [0.1, 0.15) is 6.10 Å². The van der Waals surface area contributed by atoms with Crippen LogP contribution in [0.5, 0.6) is 0 Å². The fraction of sp³-hybridized carbons (Fsp3) is 0.562. The Morgan fingerprint density at radius 2 is 2.22 bits per heavy atom. The van der Waals surface area contributed by atoms with Crippen LogP contribution in [0.4, 0.5) is 5.69 Å². The van der Waals surface area contributed by atoms with Crippen molar-refractivity contribution in [2.75, 3.05) is 44.2 Å². The first-order valence-corrected chi connectivity index (χ1v) is 7.62. The van der Waals surface area contributed by atoms with Gasteiger partial charge < -0.3 is 20.3 Å². The fourth-order valence-corrected chi connectivity index (χ4v) is 2.46. The molecule has 0 aromatic heterocycles. The molecule has 0 bridgehead atoms. The monoisotopic (exact) mass is 363 g/mol. The Hall–Kier alpha value is -1.01. The molecular formula is C16H27Cl2N3O2. The maximum Gasteiger partial charge on any atom is 0.250 e. The van der Waals surface area contributed by atoms with Crippen LogP contribution in [-0.4, -0.2) is 51.3 Å². The number of nitrogens with zero attached hydrogens (tertiary/aromatic N) is 1. The normalized spacial score (nSPS) is 16.7. The summed E-state index contributed by atoms with van der Waals surface area (Å²) in [6.07, 6.45) is -0.354. The van der Waals surface area contributed by atoms with Gasteiger partial charge in [0.2, 0.25) is 0 Å². The number of carbonyl (C=O) groups excluding carboxylic acids is 1. The molecule has 132 valence electrons. The minimum atomic E-state index is -0.354. The van der Waals surface area contributed by atoms with E-state index in [0.29, 0.717) is 19.7 Å². The summed E-state index contributed by atoms with van der Waals surface area (Å²) in [6.45, 7) is 8.57. The van der Waals surface area contributed by atoms with Crippen LogP contribution in [0.15, 0.2) is 24.3 Å². The number of hydrogen-bond donors (Lipinski definition) is 2. The summed E-state index contributed by atoms with van der Waals surface area (Å²) >= 11 is 0. The average Bonchev–Trinajstić information content (AvgIpc) is 2.52. The highest BCUT2D eigenvalue weighted by atomic mass is 35.5. The third kappa shape index (κ3) is 6.96. The van der Waals surface area contributed by atoms with E-state index in [1.54, 1.807) is 0 Å². The third-order valence-electron chi connectivity index (χ3n) is 3.65.